The molecule has 2 heterocycles. The first-order valence-electron chi connectivity index (χ1n) is 5.31. The first-order valence-corrected chi connectivity index (χ1v) is 5.31. The fourth-order valence-electron chi connectivity index (χ4n) is 1.86. The van der Waals surface area contributed by atoms with E-state index in [9.17, 15) is 14.4 Å². The Kier molecular flexibility index (Phi) is 2.77. The lowest BCUT2D eigenvalue weighted by atomic mass is 10.2. The summed E-state index contributed by atoms with van der Waals surface area (Å²) in [5.74, 6) is -1.48. The number of rotatable bonds is 1. The van der Waals surface area contributed by atoms with E-state index < -0.39 is 17.7 Å². The van der Waals surface area contributed by atoms with Crippen LogP contribution in [-0.2, 0) is 16.6 Å². The number of aromatic nitrogens is 2. The molecule has 0 atom stereocenters. The lowest BCUT2D eigenvalue weighted by molar-refractivity contribution is -0.135. The summed E-state index contributed by atoms with van der Waals surface area (Å²) in [6, 6.07) is 0. The molecule has 1 saturated heterocycles. The Balaban J connectivity index is 2.31. The molecule has 8 heteroatoms. The van der Waals surface area contributed by atoms with E-state index in [1.165, 1.54) is 4.68 Å². The smallest absolute Gasteiger partial charge is 0.275 e. The van der Waals surface area contributed by atoms with Crippen molar-refractivity contribution >= 4 is 23.4 Å². The highest BCUT2D eigenvalue weighted by atomic mass is 16.2. The quantitative estimate of drug-likeness (QED) is 0.585. The number of piperazine rings is 1. The Morgan fingerprint density at radius 2 is 1.89 bits per heavy atom. The van der Waals surface area contributed by atoms with Gasteiger partial charge in [-0.3, -0.25) is 24.4 Å². The molecule has 0 unspecified atom stereocenters. The molecule has 0 radical (unpaired) electrons. The van der Waals surface area contributed by atoms with Crippen LogP contribution < -0.4 is 11.1 Å². The van der Waals surface area contributed by atoms with Crippen molar-refractivity contribution in [1.82, 2.24) is 20.0 Å². The van der Waals surface area contributed by atoms with Gasteiger partial charge in [-0.1, -0.05) is 0 Å². The molecule has 0 saturated carbocycles. The maximum atomic E-state index is 12.2. The molecule has 3 N–H and O–H groups in total. The van der Waals surface area contributed by atoms with Gasteiger partial charge in [0.1, 0.15) is 18.8 Å². The van der Waals surface area contributed by atoms with Crippen LogP contribution in [0.4, 0.5) is 5.69 Å². The highest BCUT2D eigenvalue weighted by molar-refractivity contribution is 6.06. The van der Waals surface area contributed by atoms with Crippen LogP contribution in [-0.4, -0.2) is 45.5 Å². The number of hydrogen-bond acceptors (Lipinski definition) is 5. The van der Waals surface area contributed by atoms with Crippen LogP contribution in [0.15, 0.2) is 0 Å². The van der Waals surface area contributed by atoms with Crippen LogP contribution in [0.5, 0.6) is 0 Å². The predicted molar refractivity (Wildman–Crippen MR) is 61.4 cm³/mol. The number of carbonyl (C=O) groups excluding carboxylic acids is 3. The third-order valence-electron chi connectivity index (χ3n) is 2.71. The summed E-state index contributed by atoms with van der Waals surface area (Å²) >= 11 is 0. The van der Waals surface area contributed by atoms with Crippen LogP contribution in [0, 0.1) is 6.92 Å². The monoisotopic (exact) mass is 251 g/mol. The molecule has 1 aromatic heterocycles. The van der Waals surface area contributed by atoms with Crippen molar-refractivity contribution < 1.29 is 14.4 Å². The molecular formula is C10H13N5O3. The van der Waals surface area contributed by atoms with Crippen LogP contribution in [0.25, 0.3) is 0 Å². The zero-order valence-corrected chi connectivity index (χ0v) is 10.1. The summed E-state index contributed by atoms with van der Waals surface area (Å²) in [7, 11) is 1.59. The first-order chi connectivity index (χ1) is 8.40. The van der Waals surface area contributed by atoms with E-state index in [1.54, 1.807) is 14.0 Å². The van der Waals surface area contributed by atoms with Crippen LogP contribution in [0.1, 0.15) is 16.2 Å². The lowest BCUT2D eigenvalue weighted by Crippen LogP contribution is -2.53. The van der Waals surface area contributed by atoms with Gasteiger partial charge in [0.25, 0.3) is 5.91 Å². The van der Waals surface area contributed by atoms with Crippen molar-refractivity contribution in [1.29, 1.82) is 0 Å². The molecule has 0 bridgehead atoms. The molecular weight excluding hydrogens is 238 g/mol. The molecule has 1 aromatic rings. The summed E-state index contributed by atoms with van der Waals surface area (Å²) in [5, 5.41) is 6.15. The van der Waals surface area contributed by atoms with Crippen molar-refractivity contribution in [3.8, 4) is 0 Å². The molecule has 0 aliphatic carbocycles. The summed E-state index contributed by atoms with van der Waals surface area (Å²) < 4.78 is 1.35. The number of imide groups is 1. The Morgan fingerprint density at radius 1 is 1.33 bits per heavy atom. The minimum atomic E-state index is -0.503. The molecule has 2 rings (SSSR count). The summed E-state index contributed by atoms with van der Waals surface area (Å²) in [6.45, 7) is 1.36. The maximum absolute atomic E-state index is 12.2. The summed E-state index contributed by atoms with van der Waals surface area (Å²) in [4.78, 5) is 35.8. The number of nitrogens with one attached hydrogen (secondary N) is 1. The number of aryl methyl sites for hydroxylation is 2. The number of nitrogen functional groups attached to an aromatic ring is 1. The number of hydrogen-bond donors (Lipinski definition) is 2. The standard InChI is InChI=1S/C10H13N5O3/c1-5-8(11)9(14(2)13-5)10(18)15-3-6(16)12-7(17)4-15/h3-4,11H2,1-2H3,(H,12,16,17). The minimum absolute atomic E-state index is 0.158. The van der Waals surface area contributed by atoms with Gasteiger partial charge < -0.3 is 10.6 Å². The van der Waals surface area contributed by atoms with E-state index in [0.29, 0.717) is 5.69 Å². The fraction of sp³-hybridized carbons (Fsp3) is 0.400. The predicted octanol–water partition coefficient (Wildman–Crippen LogP) is -1.59. The van der Waals surface area contributed by atoms with Gasteiger partial charge in [0.2, 0.25) is 11.8 Å². The highest BCUT2D eigenvalue weighted by Gasteiger charge is 2.30. The largest absolute Gasteiger partial charge is 0.395 e. The van der Waals surface area contributed by atoms with Gasteiger partial charge in [-0.05, 0) is 6.92 Å². The normalized spacial score (nSPS) is 15.8. The number of carbonyl (C=O) groups is 3. The Hall–Kier alpha value is -2.38. The van der Waals surface area contributed by atoms with Gasteiger partial charge in [-0.25, -0.2) is 0 Å². The summed E-state index contributed by atoms with van der Waals surface area (Å²) in [5.41, 5.74) is 6.75. The van der Waals surface area contributed by atoms with E-state index >= 15 is 0 Å². The SMILES string of the molecule is Cc1nn(C)c(C(=O)N2CC(=O)NC(=O)C2)c1N. The van der Waals surface area contributed by atoms with E-state index in [4.69, 9.17) is 5.73 Å². The van der Waals surface area contributed by atoms with Gasteiger partial charge in [-0.15, -0.1) is 0 Å². The highest BCUT2D eigenvalue weighted by Crippen LogP contribution is 2.17. The molecule has 0 aromatic carbocycles. The van der Waals surface area contributed by atoms with Crippen molar-refractivity contribution in [2.24, 2.45) is 7.05 Å². The van der Waals surface area contributed by atoms with E-state index in [2.05, 4.69) is 10.4 Å². The third kappa shape index (κ3) is 1.92. The molecule has 18 heavy (non-hydrogen) atoms. The topological polar surface area (TPSA) is 110 Å². The zero-order valence-electron chi connectivity index (χ0n) is 10.1. The molecule has 1 aliphatic heterocycles. The van der Waals surface area contributed by atoms with Gasteiger partial charge >= 0.3 is 0 Å². The first kappa shape index (κ1) is 12.1. The second kappa shape index (κ2) is 4.13. The number of amides is 3. The third-order valence-corrected chi connectivity index (χ3v) is 2.71. The molecule has 0 spiro atoms. The Morgan fingerprint density at radius 3 is 2.33 bits per heavy atom. The fourth-order valence-corrected chi connectivity index (χ4v) is 1.86. The van der Waals surface area contributed by atoms with Crippen molar-refractivity contribution in [2.45, 2.75) is 6.92 Å². The van der Waals surface area contributed by atoms with Crippen LogP contribution in [0.3, 0.4) is 0 Å². The molecule has 8 nitrogen and oxygen atoms in total. The summed E-state index contributed by atoms with van der Waals surface area (Å²) in [6.07, 6.45) is 0. The van der Waals surface area contributed by atoms with E-state index in [-0.39, 0.29) is 24.5 Å². The van der Waals surface area contributed by atoms with Crippen LogP contribution >= 0.6 is 0 Å². The number of nitrogens with zero attached hydrogens (tertiary/aromatic N) is 3. The molecule has 96 valence electrons. The van der Waals surface area contributed by atoms with Gasteiger partial charge in [-0.2, -0.15) is 5.10 Å². The molecule has 3 amide bonds. The Labute approximate surface area is 103 Å². The average molecular weight is 251 g/mol. The molecule has 1 aliphatic rings. The van der Waals surface area contributed by atoms with Gasteiger partial charge in [0, 0.05) is 7.05 Å². The number of nitrogens with two attached hydrogens (primary N) is 1. The van der Waals surface area contributed by atoms with E-state index in [1.807, 2.05) is 0 Å². The van der Waals surface area contributed by atoms with Gasteiger partial charge in [0.15, 0.2) is 0 Å². The molecule has 1 fully saturated rings. The maximum Gasteiger partial charge on any atom is 0.275 e. The van der Waals surface area contributed by atoms with Crippen molar-refractivity contribution in [3.63, 3.8) is 0 Å². The van der Waals surface area contributed by atoms with E-state index in [0.717, 1.165) is 4.90 Å². The van der Waals surface area contributed by atoms with Crippen molar-refractivity contribution in [3.05, 3.63) is 11.4 Å². The minimum Gasteiger partial charge on any atom is -0.395 e. The second-order valence-corrected chi connectivity index (χ2v) is 4.10. The zero-order chi connectivity index (χ0) is 13.4. The second-order valence-electron chi connectivity index (χ2n) is 4.10. The number of anilines is 1. The Bertz CT molecular complexity index is 532. The van der Waals surface area contributed by atoms with Crippen molar-refractivity contribution in [2.75, 3.05) is 18.8 Å². The lowest BCUT2D eigenvalue weighted by Gasteiger charge is -2.25. The average Bonchev–Trinajstić information content (AvgIpc) is 2.51. The van der Waals surface area contributed by atoms with Gasteiger partial charge in [0.05, 0.1) is 11.4 Å². The van der Waals surface area contributed by atoms with Crippen LogP contribution in [0.2, 0.25) is 0 Å².